The quantitative estimate of drug-likeness (QED) is 0.464. The van der Waals surface area contributed by atoms with Gasteiger partial charge in [0, 0.05) is 10.8 Å². The van der Waals surface area contributed by atoms with E-state index in [1.165, 1.54) is 9.78 Å². The van der Waals surface area contributed by atoms with Crippen LogP contribution in [0, 0.1) is 11.8 Å². The third kappa shape index (κ3) is 1.91. The zero-order valence-electron chi connectivity index (χ0n) is 12.4. The molecule has 1 aromatic rings. The number of carbonyl (C=O) groups is 2. The summed E-state index contributed by atoms with van der Waals surface area (Å²) >= 11 is 1.62. The fraction of sp³-hybridized carbons (Fsp3) is 0.467. The van der Waals surface area contributed by atoms with E-state index >= 15 is 0 Å². The van der Waals surface area contributed by atoms with Crippen LogP contribution in [0.15, 0.2) is 17.1 Å². The number of aliphatic carboxylic acids is 1. The monoisotopic (exact) mass is 327 g/mol. The van der Waals surface area contributed by atoms with E-state index in [0.29, 0.717) is 0 Å². The Bertz CT molecular complexity index is 695. The number of rotatable bonds is 2. The van der Waals surface area contributed by atoms with Crippen LogP contribution in [0.4, 0.5) is 0 Å². The van der Waals surface area contributed by atoms with E-state index in [0.717, 1.165) is 24.0 Å². The normalized spacial score (nSPS) is 30.0. The van der Waals surface area contributed by atoms with Gasteiger partial charge >= 0.3 is 29.6 Å². The van der Waals surface area contributed by atoms with Crippen LogP contribution in [0.2, 0.25) is 0 Å². The predicted octanol–water partition coefficient (Wildman–Crippen LogP) is -3.00. The van der Waals surface area contributed by atoms with Crippen molar-refractivity contribution in [3.63, 3.8) is 0 Å². The summed E-state index contributed by atoms with van der Waals surface area (Å²) in [5, 5.41) is 23.4. The van der Waals surface area contributed by atoms with Gasteiger partial charge in [-0.15, -0.1) is 11.3 Å². The topological polar surface area (TPSA) is 80.7 Å². The maximum absolute atomic E-state index is 12.2. The van der Waals surface area contributed by atoms with E-state index < -0.39 is 18.0 Å². The number of nitrogens with zero attached hydrogens (tertiary/aromatic N) is 1. The van der Waals surface area contributed by atoms with Crippen LogP contribution in [-0.4, -0.2) is 34.0 Å². The molecule has 7 heteroatoms. The maximum Gasteiger partial charge on any atom is 1.00 e. The fourth-order valence-corrected chi connectivity index (χ4v) is 5.01. The second-order valence-electron chi connectivity index (χ2n) is 5.92. The first-order valence-corrected chi connectivity index (χ1v) is 7.93. The van der Waals surface area contributed by atoms with Crippen molar-refractivity contribution in [2.24, 2.45) is 11.8 Å². The third-order valence-electron chi connectivity index (χ3n) is 4.90. The van der Waals surface area contributed by atoms with Crippen molar-refractivity contribution in [1.29, 1.82) is 0 Å². The molecule has 2 aliphatic heterocycles. The van der Waals surface area contributed by atoms with Crippen LogP contribution < -0.4 is 34.7 Å². The molecule has 1 aliphatic carbocycles. The molecule has 0 unspecified atom stereocenters. The van der Waals surface area contributed by atoms with E-state index in [1.807, 2.05) is 11.4 Å². The average Bonchev–Trinajstić information content (AvgIpc) is 2.97. The molecule has 0 radical (unpaired) electrons. The first kappa shape index (κ1) is 16.2. The van der Waals surface area contributed by atoms with Crippen LogP contribution >= 0.6 is 11.3 Å². The number of hydrogen-bond acceptors (Lipinski definition) is 5. The number of carboxylic acids is 1. The van der Waals surface area contributed by atoms with Gasteiger partial charge in [0.05, 0.1) is 29.7 Å². The zero-order valence-corrected chi connectivity index (χ0v) is 15.2. The Morgan fingerprint density at radius 1 is 1.55 bits per heavy atom. The van der Waals surface area contributed by atoms with E-state index in [-0.39, 0.29) is 53.1 Å². The summed E-state index contributed by atoms with van der Waals surface area (Å²) < 4.78 is 0. The molecule has 4 rings (SSSR count). The van der Waals surface area contributed by atoms with Crippen LogP contribution in [-0.2, 0) is 16.0 Å². The number of thiophene rings is 1. The number of β-lactam (4-membered cyclic amide) rings is 1. The molecule has 3 aliphatic rings. The first-order valence-electron chi connectivity index (χ1n) is 7.05. The summed E-state index contributed by atoms with van der Waals surface area (Å²) in [6.45, 7) is 1.59. The van der Waals surface area contributed by atoms with Crippen LogP contribution in [0.1, 0.15) is 23.8 Å². The van der Waals surface area contributed by atoms with Crippen LogP contribution in [0.3, 0.4) is 0 Å². The van der Waals surface area contributed by atoms with Gasteiger partial charge in [0.25, 0.3) is 0 Å². The number of carboxylic acid groups (broad SMARTS) is 1. The van der Waals surface area contributed by atoms with Gasteiger partial charge in [-0.1, -0.05) is 0 Å². The Kier molecular flexibility index (Phi) is 4.02. The molecule has 1 fully saturated rings. The van der Waals surface area contributed by atoms with Gasteiger partial charge in [-0.25, -0.2) is 0 Å². The number of fused-ring (bicyclic) bond motifs is 5. The van der Waals surface area contributed by atoms with Crippen molar-refractivity contribution in [1.82, 2.24) is 4.90 Å². The molecule has 1 N–H and O–H groups in total. The van der Waals surface area contributed by atoms with Gasteiger partial charge in [0.2, 0.25) is 5.91 Å². The number of hydrogen-bond donors (Lipinski definition) is 1. The number of carbonyl (C=O) groups excluding carboxylic acids is 2. The Morgan fingerprint density at radius 2 is 2.27 bits per heavy atom. The number of aliphatic hydroxyl groups excluding tert-OH is 1. The average molecular weight is 327 g/mol. The zero-order chi connectivity index (χ0) is 14.9. The molecule has 110 valence electrons. The van der Waals surface area contributed by atoms with Crippen molar-refractivity contribution in [3.05, 3.63) is 27.6 Å². The molecule has 22 heavy (non-hydrogen) atoms. The predicted molar refractivity (Wildman–Crippen MR) is 73.9 cm³/mol. The van der Waals surface area contributed by atoms with Gasteiger partial charge in [0.15, 0.2) is 0 Å². The van der Waals surface area contributed by atoms with Crippen molar-refractivity contribution in [2.75, 3.05) is 0 Å². The summed E-state index contributed by atoms with van der Waals surface area (Å²) in [5.41, 5.74) is 1.70. The van der Waals surface area contributed by atoms with Crippen molar-refractivity contribution < 1.29 is 49.4 Å². The van der Waals surface area contributed by atoms with Crippen molar-refractivity contribution in [2.45, 2.75) is 31.9 Å². The number of aryl methyl sites for hydroxylation is 1. The molecule has 0 saturated carbocycles. The second kappa shape index (κ2) is 5.46. The van der Waals surface area contributed by atoms with Crippen molar-refractivity contribution in [3.8, 4) is 0 Å². The molecule has 0 bridgehead atoms. The molecule has 1 saturated heterocycles. The molecule has 3 heterocycles. The van der Waals surface area contributed by atoms with Gasteiger partial charge in [0.1, 0.15) is 0 Å². The minimum Gasteiger partial charge on any atom is -0.543 e. The molecular weight excluding hydrogens is 313 g/mol. The molecule has 1 amide bonds. The van der Waals surface area contributed by atoms with Crippen LogP contribution in [0.5, 0.6) is 0 Å². The molecule has 0 spiro atoms. The molecule has 4 atom stereocenters. The van der Waals surface area contributed by atoms with Gasteiger partial charge < -0.3 is 19.9 Å². The Labute approximate surface area is 153 Å². The summed E-state index contributed by atoms with van der Waals surface area (Å²) in [6.07, 6.45) is 0.953. The summed E-state index contributed by atoms with van der Waals surface area (Å²) in [7, 11) is 0. The summed E-state index contributed by atoms with van der Waals surface area (Å²) in [6, 6.07) is 1.70. The smallest absolute Gasteiger partial charge is 0.543 e. The molecule has 1 aromatic heterocycles. The minimum absolute atomic E-state index is 0. The second-order valence-corrected chi connectivity index (χ2v) is 6.92. The Balaban J connectivity index is 0.00000144. The van der Waals surface area contributed by atoms with E-state index in [1.54, 1.807) is 18.3 Å². The van der Waals surface area contributed by atoms with Gasteiger partial charge in [-0.3, -0.25) is 4.79 Å². The van der Waals surface area contributed by atoms with E-state index in [4.69, 9.17) is 0 Å². The van der Waals surface area contributed by atoms with Crippen molar-refractivity contribution >= 4 is 28.8 Å². The third-order valence-corrected chi connectivity index (χ3v) is 5.88. The number of amides is 1. The summed E-state index contributed by atoms with van der Waals surface area (Å²) in [5.74, 6) is -2.10. The molecular formula is C15H14NNaO4S. The standard InChI is InChI=1S/C15H15NO4S.Na/c1-6(17)10-12-8-2-3-9-7(4-5-21-9)11(8)13(15(19)20)16(12)14(10)18;/h4-6,8,10,12,17H,2-3H2,1H3,(H,19,20);/q;+1/p-1/t6-,8+,10-,12-;/m1./s1. The minimum atomic E-state index is -1.30. The van der Waals surface area contributed by atoms with Gasteiger partial charge in [-0.2, -0.15) is 0 Å². The van der Waals surface area contributed by atoms with E-state index in [9.17, 15) is 19.8 Å². The maximum atomic E-state index is 12.2. The number of aliphatic hydroxyl groups is 1. The largest absolute Gasteiger partial charge is 1.00 e. The van der Waals surface area contributed by atoms with E-state index in [2.05, 4.69) is 0 Å². The SMILES string of the molecule is C[C@@H](O)[C@H]1C(=O)N2C(C(=O)[O-])=C3c4ccsc4CC[C@@H]3[C@H]12.[Na+]. The first-order chi connectivity index (χ1) is 10.0. The summed E-state index contributed by atoms with van der Waals surface area (Å²) in [4.78, 5) is 26.3. The van der Waals surface area contributed by atoms with Crippen LogP contribution in [0.25, 0.3) is 5.57 Å². The Morgan fingerprint density at radius 3 is 2.91 bits per heavy atom. The molecule has 5 nitrogen and oxygen atoms in total. The fourth-order valence-electron chi connectivity index (χ4n) is 4.10. The van der Waals surface area contributed by atoms with Gasteiger partial charge in [-0.05, 0) is 42.3 Å². The Hall–Kier alpha value is -0.660. The molecule has 0 aromatic carbocycles.